The average molecular weight is 161 g/mol. The van der Waals surface area contributed by atoms with Crippen molar-refractivity contribution in [3.8, 4) is 0 Å². The second-order valence-electron chi connectivity index (χ2n) is 2.50. The molecule has 0 aromatic carbocycles. The van der Waals surface area contributed by atoms with Gasteiger partial charge in [0.05, 0.1) is 0 Å². The first-order valence-corrected chi connectivity index (χ1v) is 4.52. The Bertz CT molecular complexity index is 64.3. The van der Waals surface area contributed by atoms with Crippen LogP contribution >= 0.6 is 12.6 Å². The van der Waals surface area contributed by atoms with Gasteiger partial charge in [0.15, 0.2) is 0 Å². The first-order valence-electron chi connectivity index (χ1n) is 4.04. The lowest BCUT2D eigenvalue weighted by molar-refractivity contribution is 0.121. The molecule has 61 valence electrons. The number of ether oxygens (including phenoxy) is 1. The Kier molecular flexibility index (Phi) is 7.65. The summed E-state index contributed by atoms with van der Waals surface area (Å²) in [5.74, 6) is 0. The summed E-state index contributed by atoms with van der Waals surface area (Å²) in [6.07, 6.45) is 5.03. The highest BCUT2D eigenvalue weighted by atomic mass is 32.1. The lowest BCUT2D eigenvalue weighted by Crippen LogP contribution is -2.00. The fourth-order valence-corrected chi connectivity index (χ4v) is 0.874. The van der Waals surface area contributed by atoms with E-state index in [2.05, 4.69) is 6.92 Å². The first-order chi connectivity index (χ1) is 4.77. The lowest BCUT2D eigenvalue weighted by atomic mass is 10.2. The van der Waals surface area contributed by atoms with Crippen molar-refractivity contribution < 1.29 is 4.74 Å². The van der Waals surface area contributed by atoms with Gasteiger partial charge < -0.3 is 4.74 Å². The molecule has 1 atom stereocenters. The molecule has 0 saturated carbocycles. The predicted molar refractivity (Wildman–Crippen MR) is 47.1 cm³/mol. The molecule has 10 heavy (non-hydrogen) atoms. The van der Waals surface area contributed by atoms with E-state index in [0.29, 0.717) is 0 Å². The Balaban J connectivity index is 2.77. The largest absolute Gasteiger partial charge is 0.367 e. The van der Waals surface area contributed by atoms with E-state index in [9.17, 15) is 0 Å². The van der Waals surface area contributed by atoms with E-state index in [1.165, 1.54) is 19.3 Å². The minimum atomic E-state index is -0.0124. The standard InChI is InChI=1S/C8H17OS/c1-3-4-5-6-7-9-8(2)10/h8H,3-7H2,1-2H3. The Hall–Kier alpha value is 0.310. The third-order valence-corrected chi connectivity index (χ3v) is 1.49. The summed E-state index contributed by atoms with van der Waals surface area (Å²) in [6.45, 7) is 4.94. The summed E-state index contributed by atoms with van der Waals surface area (Å²) in [5, 5.41) is 0. The van der Waals surface area contributed by atoms with E-state index < -0.39 is 0 Å². The van der Waals surface area contributed by atoms with Crippen molar-refractivity contribution in [2.24, 2.45) is 0 Å². The zero-order valence-electron chi connectivity index (χ0n) is 6.93. The molecule has 0 aliphatic heterocycles. The van der Waals surface area contributed by atoms with Crippen LogP contribution in [0.1, 0.15) is 39.5 Å². The maximum atomic E-state index is 5.20. The minimum Gasteiger partial charge on any atom is -0.367 e. The molecule has 0 aliphatic carbocycles. The van der Waals surface area contributed by atoms with Crippen molar-refractivity contribution in [2.45, 2.75) is 45.0 Å². The van der Waals surface area contributed by atoms with Crippen LogP contribution in [0.4, 0.5) is 0 Å². The van der Waals surface area contributed by atoms with Crippen LogP contribution in [-0.4, -0.2) is 12.0 Å². The highest BCUT2D eigenvalue weighted by molar-refractivity contribution is 7.80. The molecule has 0 aromatic rings. The van der Waals surface area contributed by atoms with E-state index in [1.54, 1.807) is 0 Å². The summed E-state index contributed by atoms with van der Waals surface area (Å²) in [5.41, 5.74) is -0.0124. The summed E-state index contributed by atoms with van der Waals surface area (Å²) in [7, 11) is 0. The number of rotatable bonds is 6. The van der Waals surface area contributed by atoms with Crippen LogP contribution < -0.4 is 0 Å². The Morgan fingerprint density at radius 2 is 2.00 bits per heavy atom. The van der Waals surface area contributed by atoms with Crippen LogP contribution in [0.15, 0.2) is 0 Å². The van der Waals surface area contributed by atoms with Gasteiger partial charge in [0.1, 0.15) is 5.44 Å². The van der Waals surface area contributed by atoms with Gasteiger partial charge in [-0.2, -0.15) is 0 Å². The van der Waals surface area contributed by atoms with E-state index in [4.69, 9.17) is 17.4 Å². The van der Waals surface area contributed by atoms with Gasteiger partial charge in [0.2, 0.25) is 0 Å². The fourth-order valence-electron chi connectivity index (χ4n) is 0.778. The molecule has 0 rings (SSSR count). The van der Waals surface area contributed by atoms with Crippen molar-refractivity contribution in [3.05, 3.63) is 0 Å². The maximum Gasteiger partial charge on any atom is 0.110 e. The van der Waals surface area contributed by atoms with E-state index in [0.717, 1.165) is 13.0 Å². The zero-order valence-corrected chi connectivity index (χ0v) is 7.75. The number of hydrogen-bond acceptors (Lipinski definition) is 1. The molecule has 0 spiro atoms. The molecule has 1 unspecified atom stereocenters. The smallest absolute Gasteiger partial charge is 0.110 e. The monoisotopic (exact) mass is 161 g/mol. The Morgan fingerprint density at radius 3 is 2.50 bits per heavy atom. The number of unbranched alkanes of at least 4 members (excludes halogenated alkanes) is 3. The molecule has 0 heterocycles. The van der Waals surface area contributed by atoms with Gasteiger partial charge in [-0.05, 0) is 13.3 Å². The molecular formula is C8H17OS. The quantitative estimate of drug-likeness (QED) is 0.544. The van der Waals surface area contributed by atoms with Gasteiger partial charge in [-0.1, -0.05) is 38.8 Å². The van der Waals surface area contributed by atoms with Gasteiger partial charge in [0, 0.05) is 6.61 Å². The molecule has 0 N–H and O–H groups in total. The van der Waals surface area contributed by atoms with Crippen molar-refractivity contribution in [1.29, 1.82) is 0 Å². The van der Waals surface area contributed by atoms with Gasteiger partial charge in [0.25, 0.3) is 0 Å². The Labute approximate surface area is 69.6 Å². The highest BCUT2D eigenvalue weighted by Crippen LogP contribution is 2.01. The van der Waals surface area contributed by atoms with Crippen LogP contribution in [0.25, 0.3) is 0 Å². The van der Waals surface area contributed by atoms with Crippen molar-refractivity contribution in [2.75, 3.05) is 6.61 Å². The third kappa shape index (κ3) is 8.31. The van der Waals surface area contributed by atoms with Crippen LogP contribution in [0.5, 0.6) is 0 Å². The van der Waals surface area contributed by atoms with Gasteiger partial charge in [-0.25, -0.2) is 0 Å². The summed E-state index contributed by atoms with van der Waals surface area (Å²) >= 11 is 4.83. The maximum absolute atomic E-state index is 5.20. The molecular weight excluding hydrogens is 144 g/mol. The molecule has 0 aliphatic rings. The lowest BCUT2D eigenvalue weighted by Gasteiger charge is -2.04. The first kappa shape index (κ1) is 10.3. The molecule has 0 aromatic heterocycles. The zero-order chi connectivity index (χ0) is 7.82. The van der Waals surface area contributed by atoms with E-state index in [-0.39, 0.29) is 5.44 Å². The SMILES string of the molecule is CCCCCCOC(C)[S]. The van der Waals surface area contributed by atoms with Crippen molar-refractivity contribution >= 4 is 12.6 Å². The van der Waals surface area contributed by atoms with Crippen molar-refractivity contribution in [1.82, 2.24) is 0 Å². The second-order valence-corrected chi connectivity index (χ2v) is 3.16. The van der Waals surface area contributed by atoms with Crippen LogP contribution in [0.3, 0.4) is 0 Å². The second kappa shape index (κ2) is 7.42. The molecule has 2 heteroatoms. The van der Waals surface area contributed by atoms with E-state index in [1.807, 2.05) is 6.92 Å². The summed E-state index contributed by atoms with van der Waals surface area (Å²) in [4.78, 5) is 0. The molecule has 1 radical (unpaired) electrons. The molecule has 0 fully saturated rings. The molecule has 0 amide bonds. The van der Waals surface area contributed by atoms with Crippen LogP contribution in [-0.2, 0) is 4.74 Å². The van der Waals surface area contributed by atoms with E-state index >= 15 is 0 Å². The average Bonchev–Trinajstić information content (AvgIpc) is 1.87. The predicted octanol–water partition coefficient (Wildman–Crippen LogP) is 3.13. The third-order valence-electron chi connectivity index (χ3n) is 1.35. The fraction of sp³-hybridized carbons (Fsp3) is 1.00. The van der Waals surface area contributed by atoms with Gasteiger partial charge in [-0.15, -0.1) is 0 Å². The summed E-state index contributed by atoms with van der Waals surface area (Å²) < 4.78 is 5.20. The highest BCUT2D eigenvalue weighted by Gasteiger charge is 1.93. The molecule has 1 nitrogen and oxygen atoms in total. The van der Waals surface area contributed by atoms with Crippen LogP contribution in [0, 0.1) is 0 Å². The molecule has 0 saturated heterocycles. The Morgan fingerprint density at radius 1 is 1.30 bits per heavy atom. The number of hydrogen-bond donors (Lipinski definition) is 0. The summed E-state index contributed by atoms with van der Waals surface area (Å²) in [6, 6.07) is 0. The van der Waals surface area contributed by atoms with Gasteiger partial charge >= 0.3 is 0 Å². The molecule has 0 bridgehead atoms. The van der Waals surface area contributed by atoms with Gasteiger partial charge in [-0.3, -0.25) is 0 Å². The normalized spacial score (nSPS) is 13.5. The topological polar surface area (TPSA) is 9.23 Å². The van der Waals surface area contributed by atoms with Crippen molar-refractivity contribution in [3.63, 3.8) is 0 Å². The van der Waals surface area contributed by atoms with Crippen LogP contribution in [0.2, 0.25) is 0 Å². The minimum absolute atomic E-state index is 0.0124.